The van der Waals surface area contributed by atoms with E-state index >= 15 is 0 Å². The molecule has 0 fully saturated rings. The monoisotopic (exact) mass is 620 g/mol. The molecule has 6 heteroatoms. The first-order valence-corrected chi connectivity index (χ1v) is 16.4. The molecule has 0 aliphatic carbocycles. The highest BCUT2D eigenvalue weighted by Crippen LogP contribution is 2.33. The average Bonchev–Trinajstić information content (AvgIpc) is 3.08. The van der Waals surface area contributed by atoms with E-state index in [0.29, 0.717) is 41.9 Å². The normalized spacial score (nSPS) is 15.3. The average molecular weight is 621 g/mol. The number of carbonyl (C=O) groups excluding carboxylic acids is 1. The smallest absolute Gasteiger partial charge is 0.161 e. The molecule has 0 amide bonds. The summed E-state index contributed by atoms with van der Waals surface area (Å²) in [5.74, 6) is 4.54. The fourth-order valence-corrected chi connectivity index (χ4v) is 6.10. The molecule has 240 valence electrons. The lowest BCUT2D eigenvalue weighted by atomic mass is 9.96. The Bertz CT molecular complexity index is 1670. The summed E-state index contributed by atoms with van der Waals surface area (Å²) < 4.78 is 17.8. The van der Waals surface area contributed by atoms with Crippen LogP contribution in [0.2, 0.25) is 0 Å². The van der Waals surface area contributed by atoms with E-state index in [9.17, 15) is 15.0 Å². The van der Waals surface area contributed by atoms with E-state index in [2.05, 4.69) is 42.4 Å². The predicted molar refractivity (Wildman–Crippen MR) is 181 cm³/mol. The molecule has 0 unspecified atom stereocenters. The van der Waals surface area contributed by atoms with Gasteiger partial charge in [0.15, 0.2) is 11.5 Å². The standard InChI is InChI=1S/C40H44O6/c1-44-39-21-17-30-16-19-34(42)26-35(14-9-4-2-3-6-11-29-12-7-5-8-13-29)45-22-10-15-36-37-25-32(27-41)33(28-46-40(39)23-30)24-31(37)18-20-38(36)43/h5,7-8,12-13,17-18,20-21,23-25,35,41,43H,2-4,6,9,11,14-16,19,26-28H2,1H3/t35-/m0/s1. The number of phenolic OH excluding ortho intramolecular Hbond substituents is 1. The van der Waals surface area contributed by atoms with Crippen LogP contribution in [0.3, 0.4) is 0 Å². The fourth-order valence-electron chi connectivity index (χ4n) is 6.10. The molecule has 1 atom stereocenters. The lowest BCUT2D eigenvalue weighted by Crippen LogP contribution is -2.16. The Morgan fingerprint density at radius 1 is 0.935 bits per heavy atom. The van der Waals surface area contributed by atoms with Crippen LogP contribution in [0.4, 0.5) is 0 Å². The van der Waals surface area contributed by atoms with E-state index < -0.39 is 0 Å². The van der Waals surface area contributed by atoms with Gasteiger partial charge in [-0.3, -0.25) is 4.79 Å². The Morgan fingerprint density at radius 2 is 1.76 bits per heavy atom. The van der Waals surface area contributed by atoms with Crippen LogP contribution in [0.15, 0.2) is 72.8 Å². The first-order valence-electron chi connectivity index (χ1n) is 16.4. The topological polar surface area (TPSA) is 85.2 Å². The second kappa shape index (κ2) is 16.7. The largest absolute Gasteiger partial charge is 0.508 e. The first-order chi connectivity index (χ1) is 22.5. The van der Waals surface area contributed by atoms with E-state index in [1.165, 1.54) is 18.4 Å². The summed E-state index contributed by atoms with van der Waals surface area (Å²) >= 11 is 0. The van der Waals surface area contributed by atoms with E-state index in [1.807, 2.05) is 36.4 Å². The highest BCUT2D eigenvalue weighted by Gasteiger charge is 2.17. The number of benzene rings is 4. The minimum atomic E-state index is -0.286. The van der Waals surface area contributed by atoms with Gasteiger partial charge in [-0.15, -0.1) is 0 Å². The minimum Gasteiger partial charge on any atom is -0.508 e. The van der Waals surface area contributed by atoms with E-state index in [0.717, 1.165) is 54.0 Å². The van der Waals surface area contributed by atoms with Gasteiger partial charge in [0.1, 0.15) is 30.4 Å². The maximum absolute atomic E-state index is 13.1. The van der Waals surface area contributed by atoms with Crippen molar-refractivity contribution in [2.24, 2.45) is 0 Å². The summed E-state index contributed by atoms with van der Waals surface area (Å²) in [6.07, 6.45) is 11.6. The first kappa shape index (κ1) is 32.9. The number of rotatable bonds is 10. The number of fused-ring (bicyclic) bond motifs is 9. The lowest BCUT2D eigenvalue weighted by Gasteiger charge is -2.16. The van der Waals surface area contributed by atoms with Gasteiger partial charge in [0.05, 0.1) is 13.7 Å². The number of ether oxygens (including phenoxy) is 3. The van der Waals surface area contributed by atoms with Crippen LogP contribution in [-0.2, 0) is 42.0 Å². The number of Topliss-reactive ketones (excluding diaryl/α,β-unsaturated/α-hetero) is 1. The molecule has 2 N–H and O–H groups in total. The molecule has 4 aromatic carbocycles. The van der Waals surface area contributed by atoms with Gasteiger partial charge in [0, 0.05) is 24.8 Å². The third-order valence-corrected chi connectivity index (χ3v) is 8.75. The molecular weight excluding hydrogens is 576 g/mol. The SMILES string of the molecule is COc1ccc2cc1OCc1cc3ccc(O)c(c3cc1CO)CC#CO[C@@H](CCCCCCCc1ccccc1)CC(=O)CC2. The third-order valence-electron chi connectivity index (χ3n) is 8.75. The highest BCUT2D eigenvalue weighted by molar-refractivity contribution is 5.89. The minimum absolute atomic E-state index is 0.137. The van der Waals surface area contributed by atoms with Gasteiger partial charge in [0.25, 0.3) is 0 Å². The van der Waals surface area contributed by atoms with Crippen molar-refractivity contribution in [2.45, 2.75) is 89.9 Å². The number of phenols is 1. The molecule has 6 bridgehead atoms. The summed E-state index contributed by atoms with van der Waals surface area (Å²) in [5, 5.41) is 22.7. The Hall–Kier alpha value is -4.47. The second-order valence-electron chi connectivity index (χ2n) is 12.1. The molecule has 0 aromatic heterocycles. The Morgan fingerprint density at radius 3 is 2.59 bits per heavy atom. The van der Waals surface area contributed by atoms with Gasteiger partial charge < -0.3 is 24.4 Å². The zero-order valence-corrected chi connectivity index (χ0v) is 26.7. The van der Waals surface area contributed by atoms with Crippen LogP contribution in [-0.4, -0.2) is 29.2 Å². The van der Waals surface area contributed by atoms with Gasteiger partial charge >= 0.3 is 0 Å². The Labute approximate surface area is 272 Å². The number of hydrogen-bond donors (Lipinski definition) is 2. The van der Waals surface area contributed by atoms with Crippen LogP contribution < -0.4 is 9.47 Å². The summed E-state index contributed by atoms with van der Waals surface area (Å²) in [6, 6.07) is 23.7. The quantitative estimate of drug-likeness (QED) is 0.138. The highest BCUT2D eigenvalue weighted by atomic mass is 16.5. The zero-order chi connectivity index (χ0) is 32.1. The van der Waals surface area contributed by atoms with Crippen LogP contribution in [0.1, 0.15) is 79.2 Å². The second-order valence-corrected chi connectivity index (χ2v) is 12.1. The number of aliphatic hydroxyl groups is 1. The summed E-state index contributed by atoms with van der Waals surface area (Å²) in [7, 11) is 1.60. The lowest BCUT2D eigenvalue weighted by molar-refractivity contribution is -0.121. The summed E-state index contributed by atoms with van der Waals surface area (Å²) in [6.45, 7) is 0.0512. The molecular formula is C40H44O6. The molecule has 6 rings (SSSR count). The van der Waals surface area contributed by atoms with Gasteiger partial charge in [-0.2, -0.15) is 0 Å². The molecule has 4 aromatic rings. The summed E-state index contributed by atoms with van der Waals surface area (Å²) in [5.41, 5.74) is 4.58. The molecule has 2 aliphatic heterocycles. The number of aryl methyl sites for hydroxylation is 2. The van der Waals surface area contributed by atoms with Crippen molar-refractivity contribution in [3.8, 4) is 29.3 Å². The Kier molecular flexibility index (Phi) is 12.0. The van der Waals surface area contributed by atoms with Crippen LogP contribution in [0, 0.1) is 12.0 Å². The van der Waals surface area contributed by atoms with Crippen molar-refractivity contribution in [1.29, 1.82) is 0 Å². The van der Waals surface area contributed by atoms with Crippen molar-refractivity contribution in [3.63, 3.8) is 0 Å². The van der Waals surface area contributed by atoms with Gasteiger partial charge in [-0.25, -0.2) is 0 Å². The number of carbonyl (C=O) groups is 1. The molecule has 0 radical (unpaired) electrons. The van der Waals surface area contributed by atoms with E-state index in [-0.39, 0.29) is 37.3 Å². The van der Waals surface area contributed by atoms with Crippen molar-refractivity contribution in [2.75, 3.05) is 7.11 Å². The van der Waals surface area contributed by atoms with Crippen molar-refractivity contribution in [1.82, 2.24) is 0 Å². The van der Waals surface area contributed by atoms with Crippen LogP contribution >= 0.6 is 0 Å². The van der Waals surface area contributed by atoms with Crippen molar-refractivity contribution in [3.05, 3.63) is 101 Å². The van der Waals surface area contributed by atoms with Gasteiger partial charge in [-0.05, 0) is 95.5 Å². The Balaban J connectivity index is 1.31. The van der Waals surface area contributed by atoms with Crippen molar-refractivity contribution >= 4 is 16.6 Å². The number of aromatic hydroxyl groups is 1. The molecule has 0 saturated heterocycles. The summed E-state index contributed by atoms with van der Waals surface area (Å²) in [4.78, 5) is 13.1. The number of unbranched alkanes of at least 4 members (excludes halogenated alkanes) is 4. The maximum Gasteiger partial charge on any atom is 0.161 e. The number of ketones is 1. The molecule has 2 heterocycles. The van der Waals surface area contributed by atoms with Crippen LogP contribution in [0.5, 0.6) is 17.2 Å². The molecule has 6 nitrogen and oxygen atoms in total. The van der Waals surface area contributed by atoms with Gasteiger partial charge in [-0.1, -0.05) is 67.6 Å². The van der Waals surface area contributed by atoms with E-state index in [4.69, 9.17) is 14.2 Å². The fraction of sp³-hybridized carbons (Fsp3) is 0.375. The van der Waals surface area contributed by atoms with E-state index in [1.54, 1.807) is 13.2 Å². The predicted octanol–water partition coefficient (Wildman–Crippen LogP) is 8.00. The third kappa shape index (κ3) is 9.05. The molecule has 2 aliphatic rings. The molecule has 0 spiro atoms. The number of hydrogen-bond acceptors (Lipinski definition) is 6. The van der Waals surface area contributed by atoms with Gasteiger partial charge in [0.2, 0.25) is 0 Å². The zero-order valence-electron chi connectivity index (χ0n) is 26.7. The molecule has 46 heavy (non-hydrogen) atoms. The van der Waals surface area contributed by atoms with Crippen LogP contribution in [0.25, 0.3) is 10.8 Å². The number of aliphatic hydroxyl groups excluding tert-OH is 1. The van der Waals surface area contributed by atoms with Crippen molar-refractivity contribution < 1.29 is 29.2 Å². The molecule has 0 saturated carbocycles. The number of methoxy groups -OCH3 is 1. The maximum atomic E-state index is 13.1.